The summed E-state index contributed by atoms with van der Waals surface area (Å²) >= 11 is 0. The van der Waals surface area contributed by atoms with E-state index in [1.165, 1.54) is 10.9 Å². The van der Waals surface area contributed by atoms with Crippen LogP contribution in [-0.4, -0.2) is 37.6 Å². The van der Waals surface area contributed by atoms with E-state index in [1.54, 1.807) is 7.11 Å². The number of aromatic amines is 1. The van der Waals surface area contributed by atoms with Gasteiger partial charge < -0.3 is 20.4 Å². The molecule has 146 valence electrons. The van der Waals surface area contributed by atoms with Gasteiger partial charge in [-0.3, -0.25) is 4.79 Å². The third-order valence-electron chi connectivity index (χ3n) is 5.93. The van der Waals surface area contributed by atoms with Crippen molar-refractivity contribution in [3.63, 3.8) is 0 Å². The summed E-state index contributed by atoms with van der Waals surface area (Å²) in [6.07, 6.45) is 2.06. The van der Waals surface area contributed by atoms with Crippen LogP contribution in [0.2, 0.25) is 0 Å². The summed E-state index contributed by atoms with van der Waals surface area (Å²) in [5.41, 5.74) is 3.46. The number of hydrogen-bond acceptors (Lipinski definition) is 3. The van der Waals surface area contributed by atoms with Crippen LogP contribution in [-0.2, 0) is 4.79 Å². The first kappa shape index (κ1) is 18.6. The summed E-state index contributed by atoms with van der Waals surface area (Å²) in [6.45, 7) is 4.45. The molecule has 1 fully saturated rings. The zero-order valence-electron chi connectivity index (χ0n) is 16.4. The maximum atomic E-state index is 12.7. The molecular formula is C23H27N3O2. The molecule has 1 aliphatic rings. The SMILES string of the molecule is COc1ccc(C(CNC(=O)C(C)C2CNC2)c2c[nH]c3ccccc23)cc1. The Morgan fingerprint density at radius 3 is 2.61 bits per heavy atom. The molecule has 1 saturated heterocycles. The van der Waals surface area contributed by atoms with Crippen molar-refractivity contribution in [1.82, 2.24) is 15.6 Å². The predicted octanol–water partition coefficient (Wildman–Crippen LogP) is 3.28. The number of nitrogens with one attached hydrogen (secondary N) is 3. The predicted molar refractivity (Wildman–Crippen MR) is 112 cm³/mol. The molecule has 0 saturated carbocycles. The van der Waals surface area contributed by atoms with Crippen molar-refractivity contribution in [2.75, 3.05) is 26.7 Å². The van der Waals surface area contributed by atoms with Gasteiger partial charge in [0, 0.05) is 35.5 Å². The minimum Gasteiger partial charge on any atom is -0.497 e. The topological polar surface area (TPSA) is 66.2 Å². The maximum Gasteiger partial charge on any atom is 0.223 e. The molecule has 5 heteroatoms. The van der Waals surface area contributed by atoms with Crippen LogP contribution in [0.4, 0.5) is 0 Å². The van der Waals surface area contributed by atoms with E-state index in [4.69, 9.17) is 4.74 Å². The van der Waals surface area contributed by atoms with E-state index in [2.05, 4.69) is 52.1 Å². The van der Waals surface area contributed by atoms with Gasteiger partial charge in [-0.25, -0.2) is 0 Å². The first-order chi connectivity index (χ1) is 13.7. The molecule has 1 aromatic heterocycles. The van der Waals surface area contributed by atoms with Crippen LogP contribution in [0.15, 0.2) is 54.7 Å². The highest BCUT2D eigenvalue weighted by Crippen LogP contribution is 2.31. The highest BCUT2D eigenvalue weighted by Gasteiger charge is 2.29. The van der Waals surface area contributed by atoms with Crippen LogP contribution in [0.25, 0.3) is 10.9 Å². The number of aromatic nitrogens is 1. The van der Waals surface area contributed by atoms with Gasteiger partial charge in [-0.05, 0) is 48.3 Å². The lowest BCUT2D eigenvalue weighted by Gasteiger charge is -2.32. The molecule has 2 heterocycles. The molecule has 2 atom stereocenters. The smallest absolute Gasteiger partial charge is 0.223 e. The van der Waals surface area contributed by atoms with Crippen molar-refractivity contribution < 1.29 is 9.53 Å². The van der Waals surface area contributed by atoms with Crippen molar-refractivity contribution in [3.05, 3.63) is 65.9 Å². The van der Waals surface area contributed by atoms with Gasteiger partial charge in [-0.2, -0.15) is 0 Å². The molecule has 3 N–H and O–H groups in total. The quantitative estimate of drug-likeness (QED) is 0.592. The van der Waals surface area contributed by atoms with Gasteiger partial charge in [-0.1, -0.05) is 37.3 Å². The van der Waals surface area contributed by atoms with E-state index in [-0.39, 0.29) is 17.7 Å². The van der Waals surface area contributed by atoms with Crippen LogP contribution < -0.4 is 15.4 Å². The Morgan fingerprint density at radius 1 is 1.18 bits per heavy atom. The minimum absolute atomic E-state index is 0.0285. The summed E-state index contributed by atoms with van der Waals surface area (Å²) in [6, 6.07) is 16.4. The number of methoxy groups -OCH3 is 1. The number of benzene rings is 2. The normalized spacial score (nSPS) is 16.4. The lowest BCUT2D eigenvalue weighted by molar-refractivity contribution is -0.126. The molecule has 0 aliphatic carbocycles. The molecule has 28 heavy (non-hydrogen) atoms. The van der Waals surface area contributed by atoms with E-state index in [0.717, 1.165) is 29.9 Å². The Morgan fingerprint density at radius 2 is 1.93 bits per heavy atom. The highest BCUT2D eigenvalue weighted by atomic mass is 16.5. The Labute approximate surface area is 165 Å². The van der Waals surface area contributed by atoms with Crippen LogP contribution in [0.5, 0.6) is 5.75 Å². The zero-order chi connectivity index (χ0) is 19.5. The van der Waals surface area contributed by atoms with E-state index < -0.39 is 0 Å². The van der Waals surface area contributed by atoms with Crippen molar-refractivity contribution in [2.45, 2.75) is 12.8 Å². The number of fused-ring (bicyclic) bond motifs is 1. The fraction of sp³-hybridized carbons (Fsp3) is 0.348. The number of carbonyl (C=O) groups is 1. The second-order valence-corrected chi connectivity index (χ2v) is 7.57. The second-order valence-electron chi connectivity index (χ2n) is 7.57. The number of ether oxygens (including phenoxy) is 1. The first-order valence-corrected chi connectivity index (χ1v) is 9.85. The molecule has 0 bridgehead atoms. The molecule has 2 aromatic carbocycles. The molecule has 0 radical (unpaired) electrons. The van der Waals surface area contributed by atoms with E-state index >= 15 is 0 Å². The number of H-pyrrole nitrogens is 1. The van der Waals surface area contributed by atoms with Gasteiger partial charge in [0.1, 0.15) is 5.75 Å². The standard InChI is InChI=1S/C23H27N3O2/c1-15(17-11-24-12-17)23(27)26-13-20(16-7-9-18(28-2)10-8-16)21-14-25-22-6-4-3-5-19(21)22/h3-10,14-15,17,20,24-25H,11-13H2,1-2H3,(H,26,27). The van der Waals surface area contributed by atoms with Gasteiger partial charge in [-0.15, -0.1) is 0 Å². The summed E-state index contributed by atoms with van der Waals surface area (Å²) in [7, 11) is 1.67. The maximum absolute atomic E-state index is 12.7. The van der Waals surface area contributed by atoms with Crippen LogP contribution in [0, 0.1) is 11.8 Å². The lowest BCUT2D eigenvalue weighted by Crippen LogP contribution is -2.50. The summed E-state index contributed by atoms with van der Waals surface area (Å²) in [4.78, 5) is 16.0. The molecular weight excluding hydrogens is 350 g/mol. The molecule has 1 amide bonds. The number of hydrogen-bond donors (Lipinski definition) is 3. The number of carbonyl (C=O) groups excluding carboxylic acids is 1. The van der Waals surface area contributed by atoms with Crippen LogP contribution in [0.3, 0.4) is 0 Å². The van der Waals surface area contributed by atoms with Crippen molar-refractivity contribution in [2.24, 2.45) is 11.8 Å². The molecule has 1 aliphatic heterocycles. The molecule has 0 spiro atoms. The first-order valence-electron chi connectivity index (χ1n) is 9.85. The van der Waals surface area contributed by atoms with Crippen molar-refractivity contribution in [3.8, 4) is 5.75 Å². The van der Waals surface area contributed by atoms with Crippen LogP contribution in [0.1, 0.15) is 24.0 Å². The largest absolute Gasteiger partial charge is 0.497 e. The third-order valence-corrected chi connectivity index (χ3v) is 5.93. The summed E-state index contributed by atoms with van der Waals surface area (Å²) in [5, 5.41) is 7.63. The van der Waals surface area contributed by atoms with Gasteiger partial charge in [0.15, 0.2) is 0 Å². The average molecular weight is 377 g/mol. The number of amides is 1. The third kappa shape index (κ3) is 3.62. The molecule has 5 nitrogen and oxygen atoms in total. The van der Waals surface area contributed by atoms with Gasteiger partial charge in [0.2, 0.25) is 5.91 Å². The molecule has 3 aromatic rings. The molecule has 2 unspecified atom stereocenters. The van der Waals surface area contributed by atoms with Crippen LogP contribution >= 0.6 is 0 Å². The van der Waals surface area contributed by atoms with Gasteiger partial charge in [0.25, 0.3) is 0 Å². The van der Waals surface area contributed by atoms with Crippen molar-refractivity contribution >= 4 is 16.8 Å². The monoisotopic (exact) mass is 377 g/mol. The Balaban J connectivity index is 1.60. The zero-order valence-corrected chi connectivity index (χ0v) is 16.4. The van der Waals surface area contributed by atoms with Gasteiger partial charge in [0.05, 0.1) is 7.11 Å². The number of para-hydroxylation sites is 1. The second kappa shape index (κ2) is 8.07. The Kier molecular flexibility index (Phi) is 5.35. The fourth-order valence-electron chi connectivity index (χ4n) is 3.87. The minimum atomic E-state index is 0.0285. The Bertz CT molecular complexity index is 944. The molecule has 4 rings (SSSR count). The van der Waals surface area contributed by atoms with E-state index in [0.29, 0.717) is 12.5 Å². The fourth-order valence-corrected chi connectivity index (χ4v) is 3.87. The van der Waals surface area contributed by atoms with E-state index in [9.17, 15) is 4.79 Å². The van der Waals surface area contributed by atoms with Crippen molar-refractivity contribution in [1.29, 1.82) is 0 Å². The average Bonchev–Trinajstić information content (AvgIpc) is 3.11. The highest BCUT2D eigenvalue weighted by molar-refractivity contribution is 5.84. The Hall–Kier alpha value is -2.79. The lowest BCUT2D eigenvalue weighted by atomic mass is 9.87. The number of rotatable bonds is 7. The van der Waals surface area contributed by atoms with E-state index in [1.807, 2.05) is 25.1 Å². The summed E-state index contributed by atoms with van der Waals surface area (Å²) < 4.78 is 5.30. The summed E-state index contributed by atoms with van der Waals surface area (Å²) in [5.74, 6) is 1.49. The van der Waals surface area contributed by atoms with Gasteiger partial charge >= 0.3 is 0 Å².